The molecule has 1 rings (SSSR count). The summed E-state index contributed by atoms with van der Waals surface area (Å²) in [6.45, 7) is 8.05. The molecular weight excluding hydrogens is 214 g/mol. The molecule has 0 amide bonds. The highest BCUT2D eigenvalue weighted by atomic mass is 16.5. The Kier molecular flexibility index (Phi) is 7.82. The van der Waals surface area contributed by atoms with Gasteiger partial charge >= 0.3 is 0 Å². The molecule has 0 heterocycles. The van der Waals surface area contributed by atoms with Crippen molar-refractivity contribution in [3.63, 3.8) is 0 Å². The van der Waals surface area contributed by atoms with Crippen LogP contribution < -0.4 is 5.32 Å². The summed E-state index contributed by atoms with van der Waals surface area (Å²) in [5, 5.41) is 3.33. The molecule has 1 fully saturated rings. The normalized spacial score (nSPS) is 27.0. The van der Waals surface area contributed by atoms with Crippen molar-refractivity contribution in [2.75, 3.05) is 33.4 Å². The topological polar surface area (TPSA) is 30.5 Å². The van der Waals surface area contributed by atoms with Crippen LogP contribution in [0.5, 0.6) is 0 Å². The number of hydrogen-bond acceptors (Lipinski definition) is 3. The van der Waals surface area contributed by atoms with Gasteiger partial charge in [0.15, 0.2) is 0 Å². The first-order chi connectivity index (χ1) is 8.22. The Hall–Kier alpha value is -0.120. The number of hydrogen-bond donors (Lipinski definition) is 1. The molecule has 1 aliphatic rings. The van der Waals surface area contributed by atoms with Gasteiger partial charge in [-0.3, -0.25) is 0 Å². The lowest BCUT2D eigenvalue weighted by molar-refractivity contribution is 0.0255. The van der Waals surface area contributed by atoms with E-state index in [-0.39, 0.29) is 0 Å². The summed E-state index contributed by atoms with van der Waals surface area (Å²) < 4.78 is 10.9. The summed E-state index contributed by atoms with van der Waals surface area (Å²) in [7, 11) is 1.73. The van der Waals surface area contributed by atoms with E-state index in [1.165, 1.54) is 25.7 Å². The number of ether oxygens (including phenoxy) is 2. The van der Waals surface area contributed by atoms with E-state index < -0.39 is 0 Å². The highest BCUT2D eigenvalue weighted by molar-refractivity contribution is 4.70. The monoisotopic (exact) mass is 243 g/mol. The van der Waals surface area contributed by atoms with Crippen molar-refractivity contribution in [2.24, 2.45) is 11.8 Å². The largest absolute Gasteiger partial charge is 0.383 e. The number of nitrogens with one attached hydrogen (secondary N) is 1. The van der Waals surface area contributed by atoms with E-state index in [1.807, 2.05) is 0 Å². The summed E-state index contributed by atoms with van der Waals surface area (Å²) in [5.74, 6) is 1.69. The first-order valence-corrected chi connectivity index (χ1v) is 7.03. The molecule has 1 saturated carbocycles. The smallest absolute Gasteiger partial charge is 0.0671 e. The van der Waals surface area contributed by atoms with Crippen molar-refractivity contribution in [2.45, 2.75) is 45.6 Å². The molecule has 0 aliphatic heterocycles. The van der Waals surface area contributed by atoms with Crippen LogP contribution in [0.25, 0.3) is 0 Å². The molecule has 0 aromatic heterocycles. The SMILES string of the molecule is COCCNCC(C)OCC1CCCC(C)C1. The Morgan fingerprint density at radius 1 is 1.35 bits per heavy atom. The quantitative estimate of drug-likeness (QED) is 0.664. The predicted octanol–water partition coefficient (Wildman–Crippen LogP) is 2.45. The summed E-state index contributed by atoms with van der Waals surface area (Å²) in [6.07, 6.45) is 5.81. The molecule has 17 heavy (non-hydrogen) atoms. The lowest BCUT2D eigenvalue weighted by Gasteiger charge is -2.27. The van der Waals surface area contributed by atoms with Crippen LogP contribution in [0.4, 0.5) is 0 Å². The van der Waals surface area contributed by atoms with Gasteiger partial charge in [0.2, 0.25) is 0 Å². The third kappa shape index (κ3) is 7.02. The van der Waals surface area contributed by atoms with Crippen LogP contribution in [0.1, 0.15) is 39.5 Å². The standard InChI is InChI=1S/C14H29NO2/c1-12-5-4-6-14(9-12)11-17-13(2)10-15-7-8-16-3/h12-15H,4-11H2,1-3H3. The Bertz CT molecular complexity index is 187. The van der Waals surface area contributed by atoms with Gasteiger partial charge in [0.25, 0.3) is 0 Å². The van der Waals surface area contributed by atoms with Crippen molar-refractivity contribution < 1.29 is 9.47 Å². The number of rotatable bonds is 8. The highest BCUT2D eigenvalue weighted by Crippen LogP contribution is 2.28. The minimum atomic E-state index is 0.309. The molecule has 0 radical (unpaired) electrons. The highest BCUT2D eigenvalue weighted by Gasteiger charge is 2.19. The van der Waals surface area contributed by atoms with E-state index in [2.05, 4.69) is 19.2 Å². The van der Waals surface area contributed by atoms with Gasteiger partial charge in [0.1, 0.15) is 0 Å². The second kappa shape index (κ2) is 8.90. The Balaban J connectivity index is 2.00. The van der Waals surface area contributed by atoms with Crippen LogP contribution in [0.2, 0.25) is 0 Å². The van der Waals surface area contributed by atoms with Gasteiger partial charge in [0.05, 0.1) is 12.7 Å². The van der Waals surface area contributed by atoms with Crippen molar-refractivity contribution in [1.82, 2.24) is 5.32 Å². The van der Waals surface area contributed by atoms with E-state index in [9.17, 15) is 0 Å². The van der Waals surface area contributed by atoms with Crippen molar-refractivity contribution in [1.29, 1.82) is 0 Å². The third-order valence-corrected chi connectivity index (χ3v) is 3.58. The fourth-order valence-corrected chi connectivity index (χ4v) is 2.55. The minimum absolute atomic E-state index is 0.309. The van der Waals surface area contributed by atoms with Crippen LogP contribution >= 0.6 is 0 Å². The van der Waals surface area contributed by atoms with Gasteiger partial charge in [-0.05, 0) is 31.6 Å². The molecule has 0 aromatic rings. The maximum absolute atomic E-state index is 5.91. The molecular formula is C14H29NO2. The first kappa shape index (κ1) is 14.9. The van der Waals surface area contributed by atoms with Gasteiger partial charge in [-0.25, -0.2) is 0 Å². The lowest BCUT2D eigenvalue weighted by atomic mass is 9.83. The van der Waals surface area contributed by atoms with E-state index in [4.69, 9.17) is 9.47 Å². The average Bonchev–Trinajstić information content (AvgIpc) is 2.32. The van der Waals surface area contributed by atoms with Gasteiger partial charge in [-0.1, -0.05) is 19.8 Å². The Morgan fingerprint density at radius 2 is 2.18 bits per heavy atom. The molecule has 3 unspecified atom stereocenters. The van der Waals surface area contributed by atoms with Crippen LogP contribution in [0.15, 0.2) is 0 Å². The molecule has 3 atom stereocenters. The second-order valence-corrected chi connectivity index (χ2v) is 5.48. The molecule has 3 nitrogen and oxygen atoms in total. The second-order valence-electron chi connectivity index (χ2n) is 5.48. The van der Waals surface area contributed by atoms with E-state index in [0.29, 0.717) is 6.10 Å². The van der Waals surface area contributed by atoms with E-state index in [0.717, 1.165) is 38.1 Å². The molecule has 0 aromatic carbocycles. The molecule has 1 aliphatic carbocycles. The minimum Gasteiger partial charge on any atom is -0.383 e. The number of methoxy groups -OCH3 is 1. The van der Waals surface area contributed by atoms with E-state index >= 15 is 0 Å². The van der Waals surface area contributed by atoms with Crippen LogP contribution in [-0.4, -0.2) is 39.5 Å². The van der Waals surface area contributed by atoms with Gasteiger partial charge in [-0.15, -0.1) is 0 Å². The first-order valence-electron chi connectivity index (χ1n) is 7.03. The van der Waals surface area contributed by atoms with Gasteiger partial charge < -0.3 is 14.8 Å². The van der Waals surface area contributed by atoms with Crippen molar-refractivity contribution in [3.05, 3.63) is 0 Å². The fourth-order valence-electron chi connectivity index (χ4n) is 2.55. The average molecular weight is 243 g/mol. The van der Waals surface area contributed by atoms with E-state index in [1.54, 1.807) is 7.11 Å². The Labute approximate surface area is 106 Å². The maximum atomic E-state index is 5.91. The van der Waals surface area contributed by atoms with Crippen LogP contribution in [-0.2, 0) is 9.47 Å². The zero-order valence-corrected chi connectivity index (χ0v) is 11.7. The molecule has 3 heteroatoms. The molecule has 0 spiro atoms. The third-order valence-electron chi connectivity index (χ3n) is 3.58. The van der Waals surface area contributed by atoms with Crippen LogP contribution in [0, 0.1) is 11.8 Å². The predicted molar refractivity (Wildman–Crippen MR) is 71.3 cm³/mol. The fraction of sp³-hybridized carbons (Fsp3) is 1.00. The Morgan fingerprint density at radius 3 is 2.88 bits per heavy atom. The summed E-state index contributed by atoms with van der Waals surface area (Å²) in [5.41, 5.74) is 0. The van der Waals surface area contributed by atoms with Crippen LogP contribution in [0.3, 0.4) is 0 Å². The maximum Gasteiger partial charge on any atom is 0.0671 e. The zero-order chi connectivity index (χ0) is 12.5. The van der Waals surface area contributed by atoms with Crippen molar-refractivity contribution >= 4 is 0 Å². The summed E-state index contributed by atoms with van der Waals surface area (Å²) >= 11 is 0. The molecule has 0 bridgehead atoms. The summed E-state index contributed by atoms with van der Waals surface area (Å²) in [6, 6.07) is 0. The van der Waals surface area contributed by atoms with Crippen molar-refractivity contribution in [3.8, 4) is 0 Å². The molecule has 1 N–H and O–H groups in total. The molecule has 0 saturated heterocycles. The summed E-state index contributed by atoms with van der Waals surface area (Å²) in [4.78, 5) is 0. The molecule has 102 valence electrons. The van der Waals surface area contributed by atoms with Gasteiger partial charge in [-0.2, -0.15) is 0 Å². The lowest BCUT2D eigenvalue weighted by Crippen LogP contribution is -2.31. The zero-order valence-electron chi connectivity index (χ0n) is 11.7. The van der Waals surface area contributed by atoms with Gasteiger partial charge in [0, 0.05) is 26.8 Å².